The fourth-order valence-electron chi connectivity index (χ4n) is 15.1. The maximum Gasteiger partial charge on any atom is 0.148 e. The van der Waals surface area contributed by atoms with Crippen molar-refractivity contribution < 1.29 is 28.4 Å². The zero-order valence-electron chi connectivity index (χ0n) is 67.5. The number of methoxy groups -OCH3 is 5. The summed E-state index contributed by atoms with van der Waals surface area (Å²) in [7, 11) is 8.44. The van der Waals surface area contributed by atoms with Gasteiger partial charge in [0, 0.05) is 26.3 Å². The van der Waals surface area contributed by atoms with Crippen LogP contribution in [0.1, 0.15) is 126 Å². The highest BCUT2D eigenvalue weighted by Crippen LogP contribution is 2.44. The van der Waals surface area contributed by atoms with Gasteiger partial charge >= 0.3 is 0 Å². The van der Waals surface area contributed by atoms with Crippen molar-refractivity contribution in [2.45, 2.75) is 111 Å². The second-order valence-corrected chi connectivity index (χ2v) is 30.1. The minimum atomic E-state index is -0.0971. The average Bonchev–Trinajstić information content (AvgIpc) is 1.64. The molecule has 0 saturated carbocycles. The molecule has 8 atom stereocenters. The number of aryl methyl sites for hydroxylation is 4. The van der Waals surface area contributed by atoms with Gasteiger partial charge in [-0.1, -0.05) is 186 Å². The van der Waals surface area contributed by atoms with Crippen molar-refractivity contribution in [3.8, 4) is 34.5 Å². The van der Waals surface area contributed by atoms with Gasteiger partial charge in [0.15, 0.2) is 0 Å². The van der Waals surface area contributed by atoms with Gasteiger partial charge in [0.25, 0.3) is 0 Å². The standard InChI is InChI=1S/C26H28N2O2.C25H26N2O2.C24H23IN2O.C24H24N2O/c1-5-30-24-16-12-22(13-17-24)28-19(3)25(20-8-6-18(2)7-9-20)27-26(28)21-10-14-23(29-4)15-11-21;1-17-5-7-19(8-6-17)24-18(2)27(21-11-15-23(29-4)16-12-21)25(26-24)20-9-13-22(28-3)14-10-20;1-16-4-6-18(7-5-16)23-17(2)27(21-12-10-20(25)11-13-21)24(26-23)19-8-14-22(28-3)15-9-19;1-17-9-11-19(12-10-17)23-18(2)26(21-7-5-4-6-8-21)24(25-23)20-13-15-22(27-3)16-14-20/h6-17,19,26H,5H2,1-4H3;5-16,18,25H,1-4H3;4-15,17,24H,1-3H3;4-16,18,24H,1-3H3. The van der Waals surface area contributed by atoms with Crippen LogP contribution in [-0.2, 0) is 0 Å². The molecule has 0 N–H and O–H groups in total. The number of aliphatic imine (C=N–C) groups is 4. The normalized spacial score (nSPS) is 18.7. The van der Waals surface area contributed by atoms with Crippen LogP contribution in [0.25, 0.3) is 0 Å². The average molecular weight is 1630 g/mol. The molecule has 4 heterocycles. The number of hydrogen-bond donors (Lipinski definition) is 0. The van der Waals surface area contributed by atoms with E-state index in [-0.39, 0.29) is 48.8 Å². The molecule has 0 radical (unpaired) electrons. The SMILES string of the molecule is CCOc1ccc(N2C(C)C(c3ccc(C)cc3)=NC2c2ccc(OC)cc2)cc1.COc1ccc(C2N=C(c3ccc(C)cc3)C(C)N2c2ccc(I)cc2)cc1.COc1ccc(C2N=C(c3ccc(C)cc3)C(C)N2c2ccc(OC)cc2)cc1.COc1ccc(C2N=C(c3ccc(C)cc3)C(C)N2c2ccccc2)cc1. The third-order valence-electron chi connectivity index (χ3n) is 21.4. The van der Waals surface area contributed by atoms with Crippen molar-refractivity contribution in [1.82, 2.24) is 0 Å². The molecular weight excluding hydrogens is 1520 g/mol. The molecule has 0 saturated heterocycles. The Bertz CT molecular complexity index is 5240. The summed E-state index contributed by atoms with van der Waals surface area (Å²) in [5.74, 6) is 5.14. The molecular formula is C99H101IN8O6. The van der Waals surface area contributed by atoms with E-state index in [9.17, 15) is 0 Å². The van der Waals surface area contributed by atoms with Crippen molar-refractivity contribution in [2.24, 2.45) is 20.0 Å². The summed E-state index contributed by atoms with van der Waals surface area (Å²) in [4.78, 5) is 30.2. The highest BCUT2D eigenvalue weighted by atomic mass is 127. The van der Waals surface area contributed by atoms with E-state index in [1.54, 1.807) is 35.5 Å². The second kappa shape index (κ2) is 37.1. The highest BCUT2D eigenvalue weighted by molar-refractivity contribution is 14.1. The lowest BCUT2D eigenvalue weighted by molar-refractivity contribution is 0.340. The zero-order valence-corrected chi connectivity index (χ0v) is 69.7. The quantitative estimate of drug-likeness (QED) is 0.0724. The van der Waals surface area contributed by atoms with E-state index in [0.29, 0.717) is 6.61 Å². The van der Waals surface area contributed by atoms with Crippen LogP contribution >= 0.6 is 22.6 Å². The van der Waals surface area contributed by atoms with Gasteiger partial charge in [-0.05, 0) is 263 Å². The molecule has 0 spiro atoms. The van der Waals surface area contributed by atoms with Crippen molar-refractivity contribution in [3.05, 3.63) is 368 Å². The minimum absolute atomic E-state index is 0.0513. The summed E-state index contributed by atoms with van der Waals surface area (Å²) in [5.41, 5.74) is 23.4. The Labute approximate surface area is 686 Å². The summed E-state index contributed by atoms with van der Waals surface area (Å²) in [6.45, 7) is 20.0. The number of benzene rings is 12. The van der Waals surface area contributed by atoms with Crippen LogP contribution in [-0.4, -0.2) is 89.2 Å². The highest BCUT2D eigenvalue weighted by Gasteiger charge is 2.40. The molecule has 8 unspecified atom stereocenters. The lowest BCUT2D eigenvalue weighted by atomic mass is 10.0. The van der Waals surface area contributed by atoms with Crippen LogP contribution in [0, 0.1) is 31.3 Å². The number of halogens is 1. The molecule has 16 rings (SSSR count). The van der Waals surface area contributed by atoms with Crippen LogP contribution in [0.3, 0.4) is 0 Å². The monoisotopic (exact) mass is 1620 g/mol. The first-order chi connectivity index (χ1) is 55.4. The number of anilines is 4. The Hall–Kier alpha value is -12.0. The van der Waals surface area contributed by atoms with E-state index in [4.69, 9.17) is 48.4 Å². The molecule has 0 fully saturated rings. The van der Waals surface area contributed by atoms with Crippen molar-refractivity contribution in [3.63, 3.8) is 0 Å². The van der Waals surface area contributed by atoms with Crippen LogP contribution < -0.4 is 48.0 Å². The number of para-hydroxylation sites is 1. The molecule has 14 nitrogen and oxygen atoms in total. The maximum absolute atomic E-state index is 5.63. The predicted molar refractivity (Wildman–Crippen MR) is 478 cm³/mol. The van der Waals surface area contributed by atoms with Gasteiger partial charge in [-0.2, -0.15) is 0 Å². The molecule has 4 aliphatic rings. The van der Waals surface area contributed by atoms with Crippen LogP contribution in [0.4, 0.5) is 22.7 Å². The van der Waals surface area contributed by atoms with E-state index in [2.05, 4.69) is 316 Å². The van der Waals surface area contributed by atoms with Gasteiger partial charge in [0.1, 0.15) is 59.2 Å². The van der Waals surface area contributed by atoms with E-state index in [0.717, 1.165) is 96.5 Å². The van der Waals surface area contributed by atoms with E-state index < -0.39 is 0 Å². The van der Waals surface area contributed by atoms with Crippen molar-refractivity contribution in [2.75, 3.05) is 61.8 Å². The zero-order chi connectivity index (χ0) is 79.9. The van der Waals surface area contributed by atoms with Crippen LogP contribution in [0.15, 0.2) is 317 Å². The summed E-state index contributed by atoms with van der Waals surface area (Å²) in [5, 5.41) is 0. The first kappa shape index (κ1) is 80.1. The number of rotatable bonds is 19. The summed E-state index contributed by atoms with van der Waals surface area (Å²) < 4.78 is 33.5. The van der Waals surface area contributed by atoms with Crippen molar-refractivity contribution >= 4 is 68.2 Å². The fraction of sp³-hybridized carbons (Fsp3) is 0.232. The summed E-state index contributed by atoms with van der Waals surface area (Å²) >= 11 is 2.34. The Morgan fingerprint density at radius 1 is 0.263 bits per heavy atom. The van der Waals surface area contributed by atoms with E-state index in [1.807, 2.05) is 85.8 Å². The molecule has 4 aliphatic heterocycles. The molecule has 0 aliphatic carbocycles. The molecule has 0 aromatic heterocycles. The van der Waals surface area contributed by atoms with Crippen molar-refractivity contribution in [1.29, 1.82) is 0 Å². The lowest BCUT2D eigenvalue weighted by Gasteiger charge is -2.30. The Balaban J connectivity index is 0.000000133. The summed E-state index contributed by atoms with van der Waals surface area (Å²) in [6.07, 6.45) is -0.303. The molecule has 580 valence electrons. The third-order valence-corrected chi connectivity index (χ3v) is 22.1. The van der Waals surface area contributed by atoms with Gasteiger partial charge in [0.05, 0.1) is 89.2 Å². The minimum Gasteiger partial charge on any atom is -0.497 e. The Morgan fingerprint density at radius 2 is 0.474 bits per heavy atom. The Kier molecular flexibility index (Phi) is 26.1. The fourth-order valence-corrected chi connectivity index (χ4v) is 15.5. The first-order valence-electron chi connectivity index (χ1n) is 38.9. The van der Waals surface area contributed by atoms with Gasteiger partial charge in [0.2, 0.25) is 0 Å². The van der Waals surface area contributed by atoms with Crippen LogP contribution in [0.2, 0.25) is 0 Å². The number of nitrogens with zero attached hydrogens (tertiary/aromatic N) is 8. The van der Waals surface area contributed by atoms with Gasteiger partial charge < -0.3 is 48.0 Å². The third kappa shape index (κ3) is 18.4. The van der Waals surface area contributed by atoms with Gasteiger partial charge in [-0.15, -0.1) is 0 Å². The van der Waals surface area contributed by atoms with E-state index >= 15 is 0 Å². The van der Waals surface area contributed by atoms with Gasteiger partial charge in [-0.25, -0.2) is 0 Å². The molecule has 12 aromatic rings. The largest absolute Gasteiger partial charge is 0.497 e. The van der Waals surface area contributed by atoms with E-state index in [1.165, 1.54) is 53.9 Å². The smallest absolute Gasteiger partial charge is 0.148 e. The molecule has 0 amide bonds. The number of hydrogen-bond acceptors (Lipinski definition) is 14. The maximum atomic E-state index is 5.63. The lowest BCUT2D eigenvalue weighted by Crippen LogP contribution is -2.35. The Morgan fingerprint density at radius 3 is 0.702 bits per heavy atom. The second-order valence-electron chi connectivity index (χ2n) is 28.9. The van der Waals surface area contributed by atoms with Gasteiger partial charge in [-0.3, -0.25) is 20.0 Å². The molecule has 0 bridgehead atoms. The van der Waals surface area contributed by atoms with Crippen LogP contribution in [0.5, 0.6) is 34.5 Å². The predicted octanol–water partition coefficient (Wildman–Crippen LogP) is 22.6. The first-order valence-corrected chi connectivity index (χ1v) is 40.0. The summed E-state index contributed by atoms with van der Waals surface area (Å²) in [6, 6.07) is 104. The number of ether oxygens (including phenoxy) is 6. The molecule has 12 aromatic carbocycles. The molecule has 15 heteroatoms. The molecule has 114 heavy (non-hydrogen) atoms. The topological polar surface area (TPSA) is 118 Å².